The number of rotatable bonds is 7. The van der Waals surface area contributed by atoms with Gasteiger partial charge in [0.2, 0.25) is 0 Å². The van der Waals surface area contributed by atoms with Crippen LogP contribution in [0, 0.1) is 0 Å². The lowest BCUT2D eigenvalue weighted by Crippen LogP contribution is -1.90. The summed E-state index contributed by atoms with van der Waals surface area (Å²) < 4.78 is 4.44. The van der Waals surface area contributed by atoms with Gasteiger partial charge in [0.25, 0.3) is 0 Å². The Morgan fingerprint density at radius 3 is 2.28 bits per heavy atom. The zero-order chi connectivity index (χ0) is 13.2. The molecule has 0 heterocycles. The molecule has 0 saturated carbocycles. The summed E-state index contributed by atoms with van der Waals surface area (Å²) in [6.07, 6.45) is 6.48. The maximum absolute atomic E-state index is 2.37. The lowest BCUT2D eigenvalue weighted by molar-refractivity contribution is 0.669. The molecule has 0 amide bonds. The summed E-state index contributed by atoms with van der Waals surface area (Å²) in [4.78, 5) is 0. The van der Waals surface area contributed by atoms with Gasteiger partial charge in [-0.3, -0.25) is 0 Å². The Balaban J connectivity index is 2.69. The van der Waals surface area contributed by atoms with Crippen LogP contribution in [0.2, 0.25) is 0 Å². The van der Waals surface area contributed by atoms with Crippen LogP contribution in [0.15, 0.2) is 44.1 Å². The lowest BCUT2D eigenvalue weighted by Gasteiger charge is -2.11. The zero-order valence-electron chi connectivity index (χ0n) is 10.8. The van der Waals surface area contributed by atoms with Crippen molar-refractivity contribution in [1.82, 2.24) is 0 Å². The zero-order valence-corrected chi connectivity index (χ0v) is 15.1. The van der Waals surface area contributed by atoms with Gasteiger partial charge in [-0.25, -0.2) is 0 Å². The fourth-order valence-corrected chi connectivity index (χ4v) is 3.33. The minimum Gasteiger partial charge on any atom is -0.0654 e. The third-order valence-corrected chi connectivity index (χ3v) is 4.35. The summed E-state index contributed by atoms with van der Waals surface area (Å²) in [5, 5.41) is 0. The Bertz CT molecular complexity index is 391. The van der Waals surface area contributed by atoms with Crippen molar-refractivity contribution in [1.29, 1.82) is 0 Å². The average molecular weight is 466 g/mol. The molecule has 1 rings (SSSR count). The van der Waals surface area contributed by atoms with Gasteiger partial charge >= 0.3 is 0 Å². The first-order chi connectivity index (χ1) is 8.83. The van der Waals surface area contributed by atoms with E-state index in [-0.39, 0.29) is 0 Å². The first-order valence-corrected chi connectivity index (χ1v) is 8.98. The van der Waals surface area contributed by atoms with Crippen LogP contribution in [0.4, 0.5) is 0 Å². The Hall–Kier alpha value is 0.160. The number of benzene rings is 1. The number of allylic oxidation sites excluding steroid dienone is 2. The quantitative estimate of drug-likeness (QED) is 0.237. The van der Waals surface area contributed by atoms with Gasteiger partial charge in [-0.15, -0.1) is 0 Å². The van der Waals surface area contributed by atoms with Crippen molar-refractivity contribution < 1.29 is 0 Å². The summed E-state index contributed by atoms with van der Waals surface area (Å²) in [7, 11) is 0. The predicted octanol–water partition coefficient (Wildman–Crippen LogP) is 6.75. The van der Waals surface area contributed by atoms with E-state index >= 15 is 0 Å². The highest BCUT2D eigenvalue weighted by atomic mass is 127. The lowest BCUT2D eigenvalue weighted by atomic mass is 9.96. The normalized spacial score (nSPS) is 12.8. The molecule has 0 saturated heterocycles. The second-order valence-electron chi connectivity index (χ2n) is 4.33. The van der Waals surface area contributed by atoms with E-state index in [0.29, 0.717) is 0 Å². The summed E-state index contributed by atoms with van der Waals surface area (Å²) in [5.41, 5.74) is 4.17. The molecule has 0 bridgehead atoms. The SMILES string of the molecule is CCCCCCC(=C\I)/C(=C/I)c1ccccc1. The van der Waals surface area contributed by atoms with Crippen molar-refractivity contribution in [2.24, 2.45) is 0 Å². The summed E-state index contributed by atoms with van der Waals surface area (Å²) >= 11 is 4.72. The van der Waals surface area contributed by atoms with E-state index < -0.39 is 0 Å². The molecule has 0 aromatic heterocycles. The molecule has 0 N–H and O–H groups in total. The van der Waals surface area contributed by atoms with Gasteiger partial charge in [-0.1, -0.05) is 102 Å². The van der Waals surface area contributed by atoms with Crippen molar-refractivity contribution in [3.05, 3.63) is 49.6 Å². The van der Waals surface area contributed by atoms with Gasteiger partial charge in [0.1, 0.15) is 0 Å². The monoisotopic (exact) mass is 466 g/mol. The minimum atomic E-state index is 1.19. The Kier molecular flexibility index (Phi) is 9.02. The fourth-order valence-electron chi connectivity index (χ4n) is 1.93. The van der Waals surface area contributed by atoms with E-state index in [1.165, 1.54) is 48.8 Å². The van der Waals surface area contributed by atoms with E-state index in [1.54, 1.807) is 0 Å². The van der Waals surface area contributed by atoms with Crippen LogP contribution in [-0.2, 0) is 0 Å². The Morgan fingerprint density at radius 1 is 1.00 bits per heavy atom. The average Bonchev–Trinajstić information content (AvgIpc) is 2.43. The number of halogens is 2. The second-order valence-corrected chi connectivity index (χ2v) is 5.58. The van der Waals surface area contributed by atoms with Crippen molar-refractivity contribution in [3.8, 4) is 0 Å². The van der Waals surface area contributed by atoms with E-state index in [9.17, 15) is 0 Å². The molecule has 0 fully saturated rings. The summed E-state index contributed by atoms with van der Waals surface area (Å²) in [6, 6.07) is 10.7. The van der Waals surface area contributed by atoms with Crippen molar-refractivity contribution in [2.45, 2.75) is 39.0 Å². The molecule has 1 aromatic rings. The largest absolute Gasteiger partial charge is 0.0654 e. The highest BCUT2D eigenvalue weighted by Gasteiger charge is 2.06. The number of unbranched alkanes of at least 4 members (excludes halogenated alkanes) is 3. The molecule has 0 spiro atoms. The summed E-state index contributed by atoms with van der Waals surface area (Å²) in [5.74, 6) is 0. The number of hydrogen-bond donors (Lipinski definition) is 0. The highest BCUT2D eigenvalue weighted by Crippen LogP contribution is 2.29. The van der Waals surface area contributed by atoms with Gasteiger partial charge in [0.05, 0.1) is 0 Å². The highest BCUT2D eigenvalue weighted by molar-refractivity contribution is 14.1. The molecule has 0 aliphatic heterocycles. The maximum atomic E-state index is 2.37. The second kappa shape index (κ2) is 10.0. The first-order valence-electron chi connectivity index (χ1n) is 6.49. The first kappa shape index (κ1) is 16.2. The van der Waals surface area contributed by atoms with Gasteiger partial charge in [-0.05, 0) is 37.7 Å². The molecular weight excluding hydrogens is 446 g/mol. The maximum Gasteiger partial charge on any atom is -0.00867 e. The van der Waals surface area contributed by atoms with Gasteiger partial charge < -0.3 is 0 Å². The van der Waals surface area contributed by atoms with Gasteiger partial charge in [0, 0.05) is 0 Å². The Labute approximate surface area is 138 Å². The van der Waals surface area contributed by atoms with Crippen LogP contribution in [0.3, 0.4) is 0 Å². The van der Waals surface area contributed by atoms with E-state index in [2.05, 4.69) is 90.6 Å². The van der Waals surface area contributed by atoms with Crippen molar-refractivity contribution in [2.75, 3.05) is 0 Å². The third kappa shape index (κ3) is 5.43. The van der Waals surface area contributed by atoms with E-state index in [4.69, 9.17) is 0 Å². The van der Waals surface area contributed by atoms with E-state index in [1.807, 2.05) is 0 Å². The van der Waals surface area contributed by atoms with Gasteiger partial charge in [0.15, 0.2) is 0 Å². The topological polar surface area (TPSA) is 0 Å². The molecule has 1 aromatic carbocycles. The smallest absolute Gasteiger partial charge is 0.00867 e. The molecule has 0 unspecified atom stereocenters. The third-order valence-electron chi connectivity index (χ3n) is 2.97. The fraction of sp³-hybridized carbons (Fsp3) is 0.375. The molecule has 0 aliphatic rings. The predicted molar refractivity (Wildman–Crippen MR) is 99.3 cm³/mol. The van der Waals surface area contributed by atoms with Crippen LogP contribution in [-0.4, -0.2) is 0 Å². The van der Waals surface area contributed by atoms with Crippen LogP contribution in [0.25, 0.3) is 5.57 Å². The standard InChI is InChI=1S/C16H20I2/c1-2-3-4-6-11-15(12-17)16(13-18)14-9-7-5-8-10-14/h5,7-10,12-13H,2-4,6,11H2,1H3/b15-12+,16-13+. The van der Waals surface area contributed by atoms with Crippen LogP contribution in [0.1, 0.15) is 44.6 Å². The summed E-state index contributed by atoms with van der Waals surface area (Å²) in [6.45, 7) is 2.26. The van der Waals surface area contributed by atoms with Crippen LogP contribution >= 0.6 is 45.2 Å². The molecular formula is C16H20I2. The number of hydrogen-bond acceptors (Lipinski definition) is 0. The molecule has 0 nitrogen and oxygen atoms in total. The molecule has 0 radical (unpaired) electrons. The van der Waals surface area contributed by atoms with Crippen LogP contribution in [0.5, 0.6) is 0 Å². The Morgan fingerprint density at radius 2 is 1.72 bits per heavy atom. The van der Waals surface area contributed by atoms with Crippen molar-refractivity contribution in [3.63, 3.8) is 0 Å². The molecule has 0 atom stereocenters. The van der Waals surface area contributed by atoms with Crippen LogP contribution < -0.4 is 0 Å². The molecule has 0 aliphatic carbocycles. The van der Waals surface area contributed by atoms with E-state index in [0.717, 1.165) is 0 Å². The molecule has 2 heteroatoms. The molecule has 18 heavy (non-hydrogen) atoms. The minimum absolute atomic E-state index is 1.19. The van der Waals surface area contributed by atoms with Gasteiger partial charge in [-0.2, -0.15) is 0 Å². The van der Waals surface area contributed by atoms with Crippen molar-refractivity contribution >= 4 is 50.8 Å². The molecule has 98 valence electrons.